The van der Waals surface area contributed by atoms with Crippen LogP contribution >= 0.6 is 23.2 Å². The molecule has 1 aromatic heterocycles. The number of terminal acetylenes is 1. The molecule has 1 heterocycles. The lowest BCUT2D eigenvalue weighted by Crippen LogP contribution is -2.01. The van der Waals surface area contributed by atoms with Gasteiger partial charge in [0.15, 0.2) is 0 Å². The van der Waals surface area contributed by atoms with Crippen LogP contribution < -0.4 is 0 Å². The van der Waals surface area contributed by atoms with Crippen molar-refractivity contribution in [3.05, 3.63) is 28.0 Å². The third-order valence-electron chi connectivity index (χ3n) is 1.95. The Hall–Kier alpha value is -0.750. The molecule has 0 fully saturated rings. The van der Waals surface area contributed by atoms with Gasteiger partial charge in [0.2, 0.25) is 0 Å². The van der Waals surface area contributed by atoms with E-state index in [0.29, 0.717) is 28.6 Å². The summed E-state index contributed by atoms with van der Waals surface area (Å²) in [6.07, 6.45) is 7.84. The number of unbranched alkanes of at least 4 members (excludes halogenated alkanes) is 1. The highest BCUT2D eigenvalue weighted by molar-refractivity contribution is 6.34. The van der Waals surface area contributed by atoms with Crippen LogP contribution in [0.4, 0.5) is 0 Å². The number of aromatic nitrogens is 1. The Bertz CT molecular complexity index is 373. The zero-order valence-electron chi connectivity index (χ0n) is 8.08. The first-order valence-corrected chi connectivity index (χ1v) is 5.33. The van der Waals surface area contributed by atoms with Gasteiger partial charge in [0.05, 0.1) is 21.8 Å². The Labute approximate surface area is 99.2 Å². The Morgan fingerprint density at radius 1 is 1.53 bits per heavy atom. The lowest BCUT2D eigenvalue weighted by molar-refractivity contribution is 0.160. The van der Waals surface area contributed by atoms with E-state index in [0.717, 1.165) is 6.42 Å². The zero-order valence-corrected chi connectivity index (χ0v) is 9.59. The van der Waals surface area contributed by atoms with Gasteiger partial charge in [-0.1, -0.05) is 23.2 Å². The van der Waals surface area contributed by atoms with E-state index in [1.807, 2.05) is 0 Å². The van der Waals surface area contributed by atoms with Gasteiger partial charge >= 0.3 is 0 Å². The number of aliphatic hydroxyl groups is 1. The lowest BCUT2D eigenvalue weighted by Gasteiger charge is -2.10. The van der Waals surface area contributed by atoms with Gasteiger partial charge in [-0.15, -0.1) is 12.3 Å². The normalized spacial score (nSPS) is 12.1. The maximum atomic E-state index is 9.76. The molecule has 0 bridgehead atoms. The molecule has 0 aliphatic heterocycles. The van der Waals surface area contributed by atoms with Crippen LogP contribution in [-0.2, 0) is 0 Å². The second-order valence-corrected chi connectivity index (χ2v) is 3.98. The molecule has 0 aromatic carbocycles. The smallest absolute Gasteiger partial charge is 0.0975 e. The summed E-state index contributed by atoms with van der Waals surface area (Å²) in [6.45, 7) is 0. The molecule has 4 heteroatoms. The number of pyridine rings is 1. The summed E-state index contributed by atoms with van der Waals surface area (Å²) < 4.78 is 0. The molecule has 0 aliphatic carbocycles. The van der Waals surface area contributed by atoms with Gasteiger partial charge in [0, 0.05) is 12.6 Å². The third kappa shape index (κ3) is 3.71. The fourth-order valence-electron chi connectivity index (χ4n) is 1.20. The van der Waals surface area contributed by atoms with Gasteiger partial charge in [-0.25, -0.2) is 0 Å². The van der Waals surface area contributed by atoms with Gasteiger partial charge < -0.3 is 5.11 Å². The maximum absolute atomic E-state index is 9.76. The lowest BCUT2D eigenvalue weighted by atomic mass is 10.1. The number of halogens is 2. The van der Waals surface area contributed by atoms with Gasteiger partial charge in [0.25, 0.3) is 0 Å². The Kier molecular flexibility index (Phi) is 4.90. The number of rotatable bonds is 4. The number of hydrogen-bond donors (Lipinski definition) is 1. The van der Waals surface area contributed by atoms with Crippen molar-refractivity contribution in [3.63, 3.8) is 0 Å². The van der Waals surface area contributed by atoms with Crippen LogP contribution in [0.3, 0.4) is 0 Å². The van der Waals surface area contributed by atoms with E-state index in [9.17, 15) is 5.11 Å². The van der Waals surface area contributed by atoms with Crippen LogP contribution in [0.15, 0.2) is 12.3 Å². The molecule has 15 heavy (non-hydrogen) atoms. The first-order valence-electron chi connectivity index (χ1n) is 4.57. The number of aliphatic hydroxyl groups excluding tert-OH is 1. The highest BCUT2D eigenvalue weighted by atomic mass is 35.5. The van der Waals surface area contributed by atoms with E-state index in [1.54, 1.807) is 6.07 Å². The van der Waals surface area contributed by atoms with Crippen LogP contribution in [0.5, 0.6) is 0 Å². The maximum Gasteiger partial charge on any atom is 0.0975 e. The van der Waals surface area contributed by atoms with Crippen molar-refractivity contribution in [1.29, 1.82) is 0 Å². The minimum atomic E-state index is -0.678. The first-order chi connectivity index (χ1) is 7.15. The Balaban J connectivity index is 2.66. The fraction of sp³-hybridized carbons (Fsp3) is 0.364. The fourth-order valence-corrected chi connectivity index (χ4v) is 1.71. The van der Waals surface area contributed by atoms with E-state index in [2.05, 4.69) is 10.9 Å². The second kappa shape index (κ2) is 5.97. The van der Waals surface area contributed by atoms with Crippen molar-refractivity contribution in [2.45, 2.75) is 25.4 Å². The van der Waals surface area contributed by atoms with Crippen LogP contribution in [0.1, 0.15) is 31.1 Å². The predicted molar refractivity (Wildman–Crippen MR) is 61.9 cm³/mol. The van der Waals surface area contributed by atoms with E-state index in [-0.39, 0.29) is 0 Å². The molecule has 1 aromatic rings. The van der Waals surface area contributed by atoms with Crippen LogP contribution in [0.2, 0.25) is 10.0 Å². The average Bonchev–Trinajstić information content (AvgIpc) is 2.17. The Morgan fingerprint density at radius 3 is 2.87 bits per heavy atom. The van der Waals surface area contributed by atoms with Crippen LogP contribution in [0, 0.1) is 12.3 Å². The summed E-state index contributed by atoms with van der Waals surface area (Å²) in [5.74, 6) is 2.51. The Morgan fingerprint density at radius 2 is 2.27 bits per heavy atom. The first kappa shape index (κ1) is 12.3. The summed E-state index contributed by atoms with van der Waals surface area (Å²) >= 11 is 11.6. The molecular formula is C11H11Cl2NO. The van der Waals surface area contributed by atoms with Crippen molar-refractivity contribution in [2.75, 3.05) is 0 Å². The monoisotopic (exact) mass is 243 g/mol. The molecule has 80 valence electrons. The quantitative estimate of drug-likeness (QED) is 0.651. The van der Waals surface area contributed by atoms with Crippen molar-refractivity contribution in [2.24, 2.45) is 0 Å². The summed E-state index contributed by atoms with van der Waals surface area (Å²) in [7, 11) is 0. The SMILES string of the molecule is C#CCCCC(O)c1ncc(Cl)cc1Cl. The molecule has 0 saturated heterocycles. The highest BCUT2D eigenvalue weighted by Gasteiger charge is 2.12. The minimum absolute atomic E-state index is 0.385. The minimum Gasteiger partial charge on any atom is -0.387 e. The topological polar surface area (TPSA) is 33.1 Å². The van der Waals surface area contributed by atoms with E-state index < -0.39 is 6.10 Å². The standard InChI is InChI=1S/C11H11Cl2NO/c1-2-3-4-5-10(15)11-9(13)6-8(12)7-14-11/h1,6-7,10,15H,3-5H2. The molecule has 0 radical (unpaired) electrons. The van der Waals surface area contributed by atoms with E-state index in [1.165, 1.54) is 6.20 Å². The molecule has 0 amide bonds. The van der Waals surface area contributed by atoms with Crippen molar-refractivity contribution in [3.8, 4) is 12.3 Å². The molecule has 2 nitrogen and oxygen atoms in total. The zero-order chi connectivity index (χ0) is 11.3. The molecule has 0 aliphatic rings. The molecule has 1 atom stereocenters. The van der Waals surface area contributed by atoms with Crippen molar-refractivity contribution in [1.82, 2.24) is 4.98 Å². The number of hydrogen-bond acceptors (Lipinski definition) is 2. The molecule has 1 N–H and O–H groups in total. The van der Waals surface area contributed by atoms with E-state index in [4.69, 9.17) is 29.6 Å². The van der Waals surface area contributed by atoms with Crippen molar-refractivity contribution < 1.29 is 5.11 Å². The molecule has 1 unspecified atom stereocenters. The number of nitrogens with zero attached hydrogens (tertiary/aromatic N) is 1. The van der Waals surface area contributed by atoms with Crippen molar-refractivity contribution >= 4 is 23.2 Å². The summed E-state index contributed by atoms with van der Waals surface area (Å²) in [5, 5.41) is 10.6. The summed E-state index contributed by atoms with van der Waals surface area (Å²) in [6, 6.07) is 1.57. The van der Waals surface area contributed by atoms with Gasteiger partial charge in [0.1, 0.15) is 0 Å². The second-order valence-electron chi connectivity index (χ2n) is 3.13. The largest absolute Gasteiger partial charge is 0.387 e. The predicted octanol–water partition coefficient (Wildman–Crippen LogP) is 3.23. The molecular weight excluding hydrogens is 233 g/mol. The van der Waals surface area contributed by atoms with Gasteiger partial charge in [-0.2, -0.15) is 0 Å². The molecule has 0 spiro atoms. The van der Waals surface area contributed by atoms with E-state index >= 15 is 0 Å². The third-order valence-corrected chi connectivity index (χ3v) is 2.46. The van der Waals surface area contributed by atoms with Crippen LogP contribution in [-0.4, -0.2) is 10.1 Å². The van der Waals surface area contributed by atoms with Crippen LogP contribution in [0.25, 0.3) is 0 Å². The summed E-state index contributed by atoms with van der Waals surface area (Å²) in [4.78, 5) is 3.99. The molecule has 0 saturated carbocycles. The summed E-state index contributed by atoms with van der Waals surface area (Å²) in [5.41, 5.74) is 0.457. The average molecular weight is 244 g/mol. The van der Waals surface area contributed by atoms with Gasteiger partial charge in [-0.3, -0.25) is 4.98 Å². The molecule has 1 rings (SSSR count). The highest BCUT2D eigenvalue weighted by Crippen LogP contribution is 2.26. The van der Waals surface area contributed by atoms with Gasteiger partial charge in [-0.05, 0) is 18.9 Å².